The van der Waals surface area contributed by atoms with Gasteiger partial charge in [0.15, 0.2) is 11.5 Å². The van der Waals surface area contributed by atoms with Gasteiger partial charge in [-0.3, -0.25) is 4.79 Å². The Hall–Kier alpha value is -2.02. The van der Waals surface area contributed by atoms with Crippen molar-refractivity contribution in [2.75, 3.05) is 20.5 Å². The minimum atomic E-state index is -3.05. The molecule has 2 saturated heterocycles. The fourth-order valence-corrected chi connectivity index (χ4v) is 5.19. The number of methoxy groups -OCH3 is 2. The molecule has 26 heavy (non-hydrogen) atoms. The van der Waals surface area contributed by atoms with E-state index in [0.717, 1.165) is 18.4 Å². The fraction of sp³-hybridized carbons (Fsp3) is 0.526. The summed E-state index contributed by atoms with van der Waals surface area (Å²) in [5.74, 6) is 1.19. The summed E-state index contributed by atoms with van der Waals surface area (Å²) >= 11 is 0. The van der Waals surface area contributed by atoms with E-state index in [1.165, 1.54) is 6.26 Å². The van der Waals surface area contributed by atoms with Crippen molar-refractivity contribution < 1.29 is 22.7 Å². The number of piperidine rings is 1. The summed E-state index contributed by atoms with van der Waals surface area (Å²) in [4.78, 5) is 14.6. The lowest BCUT2D eigenvalue weighted by molar-refractivity contribution is -0.130. The van der Waals surface area contributed by atoms with Crippen LogP contribution < -0.4 is 9.47 Å². The highest BCUT2D eigenvalue weighted by Gasteiger charge is 2.45. The van der Waals surface area contributed by atoms with Gasteiger partial charge >= 0.3 is 0 Å². The molecule has 0 radical (unpaired) electrons. The van der Waals surface area contributed by atoms with Crippen LogP contribution in [0.25, 0.3) is 6.08 Å². The van der Waals surface area contributed by atoms with Crippen LogP contribution >= 0.6 is 0 Å². The molecule has 0 spiro atoms. The molecule has 2 atom stereocenters. The first-order chi connectivity index (χ1) is 12.3. The smallest absolute Gasteiger partial charge is 0.247 e. The second kappa shape index (κ2) is 7.31. The number of amides is 1. The van der Waals surface area contributed by atoms with Crippen LogP contribution in [0.15, 0.2) is 24.3 Å². The number of sulfone groups is 1. The van der Waals surface area contributed by atoms with Gasteiger partial charge in [-0.05, 0) is 49.5 Å². The van der Waals surface area contributed by atoms with Crippen LogP contribution in [0, 0.1) is 0 Å². The zero-order valence-electron chi connectivity index (χ0n) is 15.3. The van der Waals surface area contributed by atoms with Gasteiger partial charge in [-0.25, -0.2) is 8.42 Å². The van der Waals surface area contributed by atoms with Crippen LogP contribution in [-0.2, 0) is 14.6 Å². The van der Waals surface area contributed by atoms with E-state index in [2.05, 4.69) is 0 Å². The van der Waals surface area contributed by atoms with Gasteiger partial charge in [-0.2, -0.15) is 0 Å². The van der Waals surface area contributed by atoms with E-state index >= 15 is 0 Å². The predicted molar refractivity (Wildman–Crippen MR) is 100 cm³/mol. The zero-order valence-corrected chi connectivity index (χ0v) is 16.2. The van der Waals surface area contributed by atoms with Crippen LogP contribution in [-0.4, -0.2) is 57.0 Å². The van der Waals surface area contributed by atoms with Gasteiger partial charge in [0.2, 0.25) is 5.91 Å². The number of carbonyl (C=O) groups is 1. The molecule has 2 aliphatic rings. The third-order valence-corrected chi connectivity index (χ3v) is 6.97. The fourth-order valence-electron chi connectivity index (χ4n) is 4.05. The third-order valence-electron chi connectivity index (χ3n) is 5.38. The summed E-state index contributed by atoms with van der Waals surface area (Å²) in [6.45, 7) is 0. The monoisotopic (exact) mass is 379 g/mol. The molecule has 1 aromatic rings. The van der Waals surface area contributed by atoms with Crippen molar-refractivity contribution in [1.29, 1.82) is 0 Å². The SMILES string of the molecule is COc1ccc(/C=C/C(=O)N2C3CCC2CC(S(C)(=O)=O)C3)cc1OC. The molecular weight excluding hydrogens is 354 g/mol. The molecular formula is C19H25NO5S. The van der Waals surface area contributed by atoms with Crippen molar-refractivity contribution >= 4 is 21.8 Å². The van der Waals surface area contributed by atoms with Crippen LogP contribution in [0.2, 0.25) is 0 Å². The molecule has 0 aliphatic carbocycles. The number of benzene rings is 1. The summed E-state index contributed by atoms with van der Waals surface area (Å²) in [5.41, 5.74) is 0.842. The Morgan fingerprint density at radius 1 is 1.12 bits per heavy atom. The molecule has 1 amide bonds. The molecule has 1 aromatic carbocycles. The summed E-state index contributed by atoms with van der Waals surface area (Å²) in [6.07, 6.45) is 7.47. The number of carbonyl (C=O) groups excluding carboxylic acids is 1. The molecule has 0 aromatic heterocycles. The Morgan fingerprint density at radius 3 is 2.27 bits per heavy atom. The maximum Gasteiger partial charge on any atom is 0.247 e. The highest BCUT2D eigenvalue weighted by Crippen LogP contribution is 2.38. The topological polar surface area (TPSA) is 72.9 Å². The quantitative estimate of drug-likeness (QED) is 0.734. The number of hydrogen-bond donors (Lipinski definition) is 0. The van der Waals surface area contributed by atoms with E-state index in [-0.39, 0.29) is 23.2 Å². The van der Waals surface area contributed by atoms with Gasteiger partial charge in [0.1, 0.15) is 9.84 Å². The van der Waals surface area contributed by atoms with E-state index in [1.807, 2.05) is 17.0 Å². The van der Waals surface area contributed by atoms with E-state index in [0.29, 0.717) is 24.3 Å². The third kappa shape index (κ3) is 3.72. The Kier molecular flexibility index (Phi) is 5.27. The van der Waals surface area contributed by atoms with Crippen LogP contribution in [0.3, 0.4) is 0 Å². The van der Waals surface area contributed by atoms with E-state index in [4.69, 9.17) is 9.47 Å². The summed E-state index contributed by atoms with van der Waals surface area (Å²) in [5, 5.41) is -0.320. The molecule has 142 valence electrons. The molecule has 2 unspecified atom stereocenters. The van der Waals surface area contributed by atoms with E-state index < -0.39 is 9.84 Å². The van der Waals surface area contributed by atoms with Crippen molar-refractivity contribution in [2.24, 2.45) is 0 Å². The number of fused-ring (bicyclic) bond motifs is 2. The molecule has 6 nitrogen and oxygen atoms in total. The highest BCUT2D eigenvalue weighted by atomic mass is 32.2. The Labute approximate surface area is 154 Å². The second-order valence-corrected chi connectivity index (χ2v) is 9.33. The minimum Gasteiger partial charge on any atom is -0.493 e. The van der Waals surface area contributed by atoms with E-state index in [1.54, 1.807) is 32.4 Å². The normalized spacial score (nSPS) is 25.5. The first-order valence-electron chi connectivity index (χ1n) is 8.74. The van der Waals surface area contributed by atoms with Gasteiger partial charge in [0.05, 0.1) is 19.5 Å². The largest absolute Gasteiger partial charge is 0.493 e. The average molecular weight is 379 g/mol. The summed E-state index contributed by atoms with van der Waals surface area (Å²) in [6, 6.07) is 5.51. The Bertz CT molecular complexity index is 803. The maximum absolute atomic E-state index is 12.7. The molecule has 0 saturated carbocycles. The lowest BCUT2D eigenvalue weighted by Crippen LogP contribution is -2.49. The van der Waals surface area contributed by atoms with Gasteiger partial charge < -0.3 is 14.4 Å². The van der Waals surface area contributed by atoms with Crippen molar-refractivity contribution in [1.82, 2.24) is 4.90 Å². The number of nitrogens with zero attached hydrogens (tertiary/aromatic N) is 1. The zero-order chi connectivity index (χ0) is 18.9. The summed E-state index contributed by atoms with van der Waals surface area (Å²) in [7, 11) is 0.0936. The molecule has 2 aliphatic heterocycles. The lowest BCUT2D eigenvalue weighted by Gasteiger charge is -2.37. The number of rotatable bonds is 5. The van der Waals surface area contributed by atoms with Crippen molar-refractivity contribution in [3.05, 3.63) is 29.8 Å². The van der Waals surface area contributed by atoms with Crippen LogP contribution in [0.5, 0.6) is 11.5 Å². The maximum atomic E-state index is 12.7. The number of ether oxygens (including phenoxy) is 2. The van der Waals surface area contributed by atoms with Gasteiger partial charge in [0, 0.05) is 24.4 Å². The average Bonchev–Trinajstić information content (AvgIpc) is 2.87. The van der Waals surface area contributed by atoms with Gasteiger partial charge in [-0.15, -0.1) is 0 Å². The minimum absolute atomic E-state index is 0.0241. The number of hydrogen-bond acceptors (Lipinski definition) is 5. The van der Waals surface area contributed by atoms with Gasteiger partial charge in [-0.1, -0.05) is 6.07 Å². The highest BCUT2D eigenvalue weighted by molar-refractivity contribution is 7.91. The molecule has 2 bridgehead atoms. The molecule has 2 heterocycles. The van der Waals surface area contributed by atoms with Crippen LogP contribution in [0.4, 0.5) is 0 Å². The molecule has 2 fully saturated rings. The van der Waals surface area contributed by atoms with Crippen molar-refractivity contribution in [3.63, 3.8) is 0 Å². The Balaban J connectivity index is 1.72. The van der Waals surface area contributed by atoms with Gasteiger partial charge in [0.25, 0.3) is 0 Å². The lowest BCUT2D eigenvalue weighted by atomic mass is 10.0. The summed E-state index contributed by atoms with van der Waals surface area (Å²) < 4.78 is 34.2. The standard InChI is InChI=1S/C19H25NO5S/c1-24-17-8-4-13(10-18(17)25-2)5-9-19(21)20-14-6-7-15(20)12-16(11-14)26(3,22)23/h4-5,8-10,14-16H,6-7,11-12H2,1-3H3/b9-5+. The van der Waals surface area contributed by atoms with Crippen molar-refractivity contribution in [2.45, 2.75) is 43.0 Å². The van der Waals surface area contributed by atoms with Crippen molar-refractivity contribution in [3.8, 4) is 11.5 Å². The Morgan fingerprint density at radius 2 is 1.73 bits per heavy atom. The van der Waals surface area contributed by atoms with E-state index in [9.17, 15) is 13.2 Å². The molecule has 3 rings (SSSR count). The second-order valence-electron chi connectivity index (χ2n) is 7.00. The van der Waals surface area contributed by atoms with Crippen LogP contribution in [0.1, 0.15) is 31.2 Å². The first kappa shape index (κ1) is 18.8. The predicted octanol–water partition coefficient (Wildman–Crippen LogP) is 2.28. The molecule has 7 heteroatoms. The molecule has 0 N–H and O–H groups in total. The first-order valence-corrected chi connectivity index (χ1v) is 10.7.